The molecule has 0 saturated carbocycles. The Balaban J connectivity index is 1.73. The summed E-state index contributed by atoms with van der Waals surface area (Å²) in [4.78, 5) is 19.3. The Bertz CT molecular complexity index is 948. The lowest BCUT2D eigenvalue weighted by atomic mass is 9.82. The van der Waals surface area contributed by atoms with Crippen LogP contribution in [0, 0.1) is 0 Å². The highest BCUT2D eigenvalue weighted by atomic mass is 35.5. The highest BCUT2D eigenvalue weighted by molar-refractivity contribution is 8.15. The first-order valence-corrected chi connectivity index (χ1v) is 9.69. The van der Waals surface area contributed by atoms with E-state index in [0.717, 1.165) is 29.3 Å². The second-order valence-electron chi connectivity index (χ2n) is 6.43. The predicted molar refractivity (Wildman–Crippen MR) is 103 cm³/mol. The molecule has 25 heavy (non-hydrogen) atoms. The van der Waals surface area contributed by atoms with E-state index in [2.05, 4.69) is 24.3 Å². The van der Waals surface area contributed by atoms with Gasteiger partial charge in [0, 0.05) is 10.6 Å². The average molecular weight is 367 g/mol. The maximum Gasteiger partial charge on any atom is 0.239 e. The summed E-state index contributed by atoms with van der Waals surface area (Å²) in [6.07, 6.45) is 1.91. The Hall–Kier alpha value is -2.04. The smallest absolute Gasteiger partial charge is 0.239 e. The van der Waals surface area contributed by atoms with Gasteiger partial charge in [-0.05, 0) is 41.7 Å². The molecule has 0 aromatic heterocycles. The second kappa shape index (κ2) is 5.75. The molecule has 3 nitrogen and oxygen atoms in total. The summed E-state index contributed by atoms with van der Waals surface area (Å²) in [6.45, 7) is 0. The van der Waals surface area contributed by atoms with E-state index in [-0.39, 0.29) is 11.9 Å². The fraction of sp³-hybridized carbons (Fsp3) is 0.200. The van der Waals surface area contributed by atoms with Crippen LogP contribution in [0.3, 0.4) is 0 Å². The molecule has 0 spiro atoms. The number of fused-ring (bicyclic) bond motifs is 3. The Morgan fingerprint density at radius 2 is 1.88 bits per heavy atom. The highest BCUT2D eigenvalue weighted by Crippen LogP contribution is 2.47. The summed E-state index contributed by atoms with van der Waals surface area (Å²) in [7, 11) is 0. The van der Waals surface area contributed by atoms with Gasteiger partial charge >= 0.3 is 0 Å². The number of thioether (sulfide) groups is 1. The lowest BCUT2D eigenvalue weighted by Crippen LogP contribution is -2.38. The van der Waals surface area contributed by atoms with E-state index in [9.17, 15) is 4.79 Å². The van der Waals surface area contributed by atoms with Crippen LogP contribution in [-0.4, -0.2) is 21.7 Å². The normalized spacial score (nSPS) is 21.6. The molecule has 3 aliphatic rings. The molecule has 0 unspecified atom stereocenters. The Labute approximate surface area is 155 Å². The van der Waals surface area contributed by atoms with E-state index >= 15 is 0 Å². The first kappa shape index (κ1) is 15.2. The van der Waals surface area contributed by atoms with E-state index in [1.165, 1.54) is 28.5 Å². The number of halogens is 1. The van der Waals surface area contributed by atoms with Crippen molar-refractivity contribution in [2.24, 2.45) is 4.99 Å². The molecule has 0 bridgehead atoms. The monoisotopic (exact) mass is 366 g/mol. The molecule has 2 aromatic carbocycles. The van der Waals surface area contributed by atoms with Gasteiger partial charge in [0.2, 0.25) is 5.91 Å². The number of aliphatic imine (C=N–C) groups is 1. The van der Waals surface area contributed by atoms with Crippen molar-refractivity contribution in [3.05, 3.63) is 75.8 Å². The van der Waals surface area contributed by atoms with Gasteiger partial charge in [-0.1, -0.05) is 59.8 Å². The predicted octanol–water partition coefficient (Wildman–Crippen LogP) is 4.68. The van der Waals surface area contributed by atoms with Gasteiger partial charge in [-0.2, -0.15) is 0 Å². The van der Waals surface area contributed by atoms with Crippen molar-refractivity contribution in [3.63, 3.8) is 0 Å². The van der Waals surface area contributed by atoms with Crippen molar-refractivity contribution in [3.8, 4) is 0 Å². The van der Waals surface area contributed by atoms with Gasteiger partial charge in [-0.25, -0.2) is 4.99 Å². The van der Waals surface area contributed by atoms with Crippen LogP contribution in [0.4, 0.5) is 0 Å². The van der Waals surface area contributed by atoms with Gasteiger partial charge < -0.3 is 0 Å². The van der Waals surface area contributed by atoms with E-state index in [4.69, 9.17) is 16.6 Å². The molecular weight excluding hydrogens is 352 g/mol. The summed E-state index contributed by atoms with van der Waals surface area (Å²) in [5.41, 5.74) is 5.92. The van der Waals surface area contributed by atoms with Crippen LogP contribution in [0.2, 0.25) is 5.02 Å². The van der Waals surface area contributed by atoms with E-state index in [0.29, 0.717) is 10.8 Å². The van der Waals surface area contributed by atoms with Crippen molar-refractivity contribution in [2.75, 3.05) is 5.75 Å². The molecule has 1 amide bonds. The molecule has 1 aliphatic carbocycles. The van der Waals surface area contributed by atoms with Crippen molar-refractivity contribution >= 4 is 40.1 Å². The van der Waals surface area contributed by atoms with Gasteiger partial charge in [0.15, 0.2) is 5.17 Å². The second-order valence-corrected chi connectivity index (χ2v) is 7.81. The first-order valence-electron chi connectivity index (χ1n) is 8.33. The number of amidine groups is 1. The Morgan fingerprint density at radius 1 is 1.08 bits per heavy atom. The Kier molecular flexibility index (Phi) is 3.50. The third-order valence-corrected chi connectivity index (χ3v) is 6.21. The minimum Gasteiger partial charge on any atom is -0.279 e. The largest absolute Gasteiger partial charge is 0.279 e. The van der Waals surface area contributed by atoms with E-state index < -0.39 is 0 Å². The third-order valence-electron chi connectivity index (χ3n) is 5.02. The third kappa shape index (κ3) is 2.35. The molecule has 1 atom stereocenters. The quantitative estimate of drug-likeness (QED) is 0.733. The molecule has 2 aromatic rings. The van der Waals surface area contributed by atoms with Crippen LogP contribution in [-0.2, 0) is 11.2 Å². The first-order chi connectivity index (χ1) is 12.2. The SMILES string of the molecule is O=C1CSC2=NC3=C(CCc4ccccc43)[C@H](c3ccc(Cl)cc3)N12. The standard InChI is InChI=1S/C20H15ClN2OS/c21-14-8-5-13(6-9-14)19-16-10-7-12-3-1-2-4-15(12)18(16)22-20-23(19)17(24)11-25-20/h1-6,8-9,19H,7,10-11H2/t19-/m0/s1. The van der Waals surface area contributed by atoms with Crippen LogP contribution in [0.1, 0.15) is 29.2 Å². The topological polar surface area (TPSA) is 32.7 Å². The van der Waals surface area contributed by atoms with Gasteiger partial charge in [-0.15, -0.1) is 0 Å². The van der Waals surface area contributed by atoms with Gasteiger partial charge in [0.1, 0.15) is 0 Å². The lowest BCUT2D eigenvalue weighted by Gasteiger charge is -2.37. The van der Waals surface area contributed by atoms with Crippen LogP contribution in [0.5, 0.6) is 0 Å². The number of rotatable bonds is 1. The molecule has 1 saturated heterocycles. The van der Waals surface area contributed by atoms with Crippen molar-refractivity contribution in [1.82, 2.24) is 4.90 Å². The summed E-state index contributed by atoms with van der Waals surface area (Å²) in [6, 6.07) is 16.2. The zero-order chi connectivity index (χ0) is 17.0. The van der Waals surface area contributed by atoms with E-state index in [1.54, 1.807) is 0 Å². The molecule has 2 aliphatic heterocycles. The van der Waals surface area contributed by atoms with Crippen LogP contribution < -0.4 is 0 Å². The number of carbonyl (C=O) groups excluding carboxylic acids is 1. The van der Waals surface area contributed by atoms with Crippen molar-refractivity contribution in [1.29, 1.82) is 0 Å². The molecule has 0 radical (unpaired) electrons. The number of carbonyl (C=O) groups is 1. The van der Waals surface area contributed by atoms with Crippen LogP contribution >= 0.6 is 23.4 Å². The van der Waals surface area contributed by atoms with Gasteiger partial charge in [-0.3, -0.25) is 9.69 Å². The molecule has 5 rings (SSSR count). The number of benzene rings is 2. The fourth-order valence-corrected chi connectivity index (χ4v) is 4.91. The summed E-state index contributed by atoms with van der Waals surface area (Å²) in [5.74, 6) is 0.597. The fourth-order valence-electron chi connectivity index (χ4n) is 3.89. The van der Waals surface area contributed by atoms with Gasteiger partial charge in [0.05, 0.1) is 17.5 Å². The maximum atomic E-state index is 12.6. The summed E-state index contributed by atoms with van der Waals surface area (Å²) >= 11 is 7.61. The minimum atomic E-state index is -0.0735. The van der Waals surface area contributed by atoms with Crippen LogP contribution in [0.25, 0.3) is 5.70 Å². The maximum absolute atomic E-state index is 12.6. The van der Waals surface area contributed by atoms with Gasteiger partial charge in [0.25, 0.3) is 0 Å². The molecular formula is C20H15ClN2OS. The number of aryl methyl sites for hydroxylation is 1. The molecule has 2 heterocycles. The number of nitrogens with zero attached hydrogens (tertiary/aromatic N) is 2. The molecule has 0 N–H and O–H groups in total. The number of amides is 1. The molecule has 5 heteroatoms. The summed E-state index contributed by atoms with van der Waals surface area (Å²) in [5, 5.41) is 1.53. The van der Waals surface area contributed by atoms with Crippen LogP contribution in [0.15, 0.2) is 59.1 Å². The zero-order valence-corrected chi connectivity index (χ0v) is 15.0. The molecule has 1 fully saturated rings. The molecule has 124 valence electrons. The average Bonchev–Trinajstić information content (AvgIpc) is 3.01. The zero-order valence-electron chi connectivity index (χ0n) is 13.4. The Morgan fingerprint density at radius 3 is 2.72 bits per heavy atom. The lowest BCUT2D eigenvalue weighted by molar-refractivity contribution is -0.125. The number of hydrogen-bond acceptors (Lipinski definition) is 3. The highest BCUT2D eigenvalue weighted by Gasteiger charge is 2.42. The number of hydrogen-bond donors (Lipinski definition) is 0. The van der Waals surface area contributed by atoms with Crippen molar-refractivity contribution in [2.45, 2.75) is 18.9 Å². The summed E-state index contributed by atoms with van der Waals surface area (Å²) < 4.78 is 0. The van der Waals surface area contributed by atoms with Crippen molar-refractivity contribution < 1.29 is 4.79 Å². The minimum absolute atomic E-state index is 0.0735. The van der Waals surface area contributed by atoms with E-state index in [1.807, 2.05) is 29.2 Å².